The van der Waals surface area contributed by atoms with Crippen molar-refractivity contribution in [1.82, 2.24) is 4.90 Å². The summed E-state index contributed by atoms with van der Waals surface area (Å²) in [6, 6.07) is 3.62. The molecule has 1 fully saturated rings. The van der Waals surface area contributed by atoms with Gasteiger partial charge in [-0.2, -0.15) is 13.2 Å². The summed E-state index contributed by atoms with van der Waals surface area (Å²) in [4.78, 5) is 12.4. The largest absolute Gasteiger partial charge is 0.406 e. The number of hydrogen-bond acceptors (Lipinski definition) is 2. The smallest absolute Gasteiger partial charge is 0.333 e. The molecule has 1 aliphatic rings. The highest BCUT2D eigenvalue weighted by molar-refractivity contribution is 5.76. The van der Waals surface area contributed by atoms with Crippen molar-refractivity contribution in [1.29, 1.82) is 0 Å². The Hall–Kier alpha value is -1.70. The number of carbonyl (C=O) groups is 1. The Labute approximate surface area is 131 Å². The number of nitrogens with two attached hydrogens (primary N) is 1. The number of carbonyl (C=O) groups excluding carboxylic acids is 1. The van der Waals surface area contributed by atoms with Crippen LogP contribution in [-0.2, 0) is 4.79 Å². The van der Waals surface area contributed by atoms with Gasteiger partial charge in [-0.15, -0.1) is 0 Å². The van der Waals surface area contributed by atoms with Crippen molar-refractivity contribution >= 4 is 5.91 Å². The monoisotopic (exact) mass is 338 g/mol. The number of benzene rings is 1. The Morgan fingerprint density at radius 2 is 1.91 bits per heavy atom. The van der Waals surface area contributed by atoms with E-state index in [-0.39, 0.29) is 18.5 Å². The standard InChI is InChI=1S/C14H14F5NO.CH5N/c15-11-5-2-4-10(13(11)16)9-3-1-6-12(21)20(7-9)8-14(17,18)19;1-2/h2,4-5,9H,1,3,6-8H2;2H2,1H3. The van der Waals surface area contributed by atoms with Gasteiger partial charge in [-0.05, 0) is 31.5 Å². The van der Waals surface area contributed by atoms with E-state index in [4.69, 9.17) is 0 Å². The molecule has 8 heteroatoms. The Morgan fingerprint density at radius 3 is 2.52 bits per heavy atom. The van der Waals surface area contributed by atoms with E-state index >= 15 is 0 Å². The van der Waals surface area contributed by atoms with Gasteiger partial charge in [0.1, 0.15) is 6.54 Å². The summed E-state index contributed by atoms with van der Waals surface area (Å²) < 4.78 is 64.5. The topological polar surface area (TPSA) is 46.3 Å². The van der Waals surface area contributed by atoms with Gasteiger partial charge in [0.05, 0.1) is 0 Å². The summed E-state index contributed by atoms with van der Waals surface area (Å²) in [6.45, 7) is -1.61. The van der Waals surface area contributed by atoms with Crippen molar-refractivity contribution in [2.45, 2.75) is 31.4 Å². The molecule has 0 spiro atoms. The summed E-state index contributed by atoms with van der Waals surface area (Å²) in [7, 11) is 1.50. The maximum absolute atomic E-state index is 13.8. The minimum absolute atomic E-state index is 0.0104. The Balaban J connectivity index is 0.00000127. The molecule has 1 aliphatic heterocycles. The Kier molecular flexibility index (Phi) is 6.93. The number of halogens is 5. The summed E-state index contributed by atoms with van der Waals surface area (Å²) in [5.41, 5.74) is 4.52. The number of likely N-dealkylation sites (tertiary alicyclic amines) is 1. The van der Waals surface area contributed by atoms with Crippen molar-refractivity contribution in [2.24, 2.45) is 5.73 Å². The van der Waals surface area contributed by atoms with Crippen LogP contribution in [0.3, 0.4) is 0 Å². The molecular weight excluding hydrogens is 319 g/mol. The van der Waals surface area contributed by atoms with E-state index in [0.717, 1.165) is 6.07 Å². The number of rotatable bonds is 2. The van der Waals surface area contributed by atoms with Crippen LogP contribution in [0, 0.1) is 11.6 Å². The van der Waals surface area contributed by atoms with Crippen LogP contribution in [0.1, 0.15) is 30.7 Å². The van der Waals surface area contributed by atoms with Gasteiger partial charge in [-0.1, -0.05) is 12.1 Å². The average Bonchev–Trinajstić information content (AvgIpc) is 2.65. The third-order valence-corrected chi connectivity index (χ3v) is 3.53. The lowest BCUT2D eigenvalue weighted by atomic mass is 9.93. The fourth-order valence-corrected chi connectivity index (χ4v) is 2.58. The molecule has 0 aliphatic carbocycles. The molecule has 0 bridgehead atoms. The van der Waals surface area contributed by atoms with Crippen molar-refractivity contribution < 1.29 is 26.7 Å². The van der Waals surface area contributed by atoms with Crippen LogP contribution < -0.4 is 5.73 Å². The second-order valence-electron chi connectivity index (χ2n) is 5.12. The van der Waals surface area contributed by atoms with Gasteiger partial charge < -0.3 is 10.6 Å². The Bertz CT molecular complexity index is 533. The molecule has 0 radical (unpaired) electrons. The van der Waals surface area contributed by atoms with E-state index in [1.807, 2.05) is 0 Å². The summed E-state index contributed by atoms with van der Waals surface area (Å²) in [5, 5.41) is 0. The summed E-state index contributed by atoms with van der Waals surface area (Å²) in [6.07, 6.45) is -3.82. The van der Waals surface area contributed by atoms with Crippen LogP contribution >= 0.6 is 0 Å². The van der Waals surface area contributed by atoms with Gasteiger partial charge in [0, 0.05) is 18.9 Å². The van der Waals surface area contributed by atoms with Gasteiger partial charge in [0.15, 0.2) is 11.6 Å². The molecule has 3 nitrogen and oxygen atoms in total. The molecule has 1 amide bonds. The predicted octanol–water partition coefficient (Wildman–Crippen LogP) is 3.20. The van der Waals surface area contributed by atoms with Crippen LogP contribution in [0.4, 0.5) is 22.0 Å². The van der Waals surface area contributed by atoms with Crippen molar-refractivity contribution in [3.05, 3.63) is 35.4 Å². The molecule has 1 atom stereocenters. The highest BCUT2D eigenvalue weighted by Gasteiger charge is 2.35. The van der Waals surface area contributed by atoms with Crippen LogP contribution in [0.25, 0.3) is 0 Å². The molecule has 1 heterocycles. The molecule has 1 unspecified atom stereocenters. The third kappa shape index (κ3) is 5.46. The van der Waals surface area contributed by atoms with Crippen molar-refractivity contribution in [3.8, 4) is 0 Å². The highest BCUT2D eigenvalue weighted by Crippen LogP contribution is 2.31. The number of amides is 1. The van der Waals surface area contributed by atoms with E-state index < -0.39 is 36.2 Å². The van der Waals surface area contributed by atoms with Crippen LogP contribution in [-0.4, -0.2) is 37.1 Å². The second-order valence-corrected chi connectivity index (χ2v) is 5.12. The fraction of sp³-hybridized carbons (Fsp3) is 0.533. The third-order valence-electron chi connectivity index (χ3n) is 3.53. The molecule has 1 aromatic rings. The van der Waals surface area contributed by atoms with Crippen molar-refractivity contribution in [3.63, 3.8) is 0 Å². The first-order valence-corrected chi connectivity index (χ1v) is 7.14. The first kappa shape index (κ1) is 19.3. The first-order chi connectivity index (χ1) is 10.8. The zero-order valence-electron chi connectivity index (χ0n) is 12.7. The van der Waals surface area contributed by atoms with E-state index in [2.05, 4.69) is 5.73 Å². The van der Waals surface area contributed by atoms with Crippen LogP contribution in [0.15, 0.2) is 18.2 Å². The lowest BCUT2D eigenvalue weighted by Crippen LogP contribution is -2.40. The molecule has 1 saturated heterocycles. The minimum Gasteiger partial charge on any atom is -0.333 e. The molecule has 1 aromatic carbocycles. The molecule has 23 heavy (non-hydrogen) atoms. The predicted molar refractivity (Wildman–Crippen MR) is 75.7 cm³/mol. The van der Waals surface area contributed by atoms with Gasteiger partial charge in [-0.3, -0.25) is 4.79 Å². The molecule has 2 N–H and O–H groups in total. The van der Waals surface area contributed by atoms with Crippen molar-refractivity contribution in [2.75, 3.05) is 20.1 Å². The molecule has 0 aromatic heterocycles. The number of alkyl halides is 3. The molecule has 0 saturated carbocycles. The normalized spacial score (nSPS) is 19.0. The lowest BCUT2D eigenvalue weighted by molar-refractivity contribution is -0.160. The van der Waals surface area contributed by atoms with E-state index in [9.17, 15) is 26.7 Å². The molecule has 2 rings (SSSR count). The zero-order chi connectivity index (χ0) is 17.6. The quantitative estimate of drug-likeness (QED) is 0.842. The van der Waals surface area contributed by atoms with Gasteiger partial charge in [0.25, 0.3) is 0 Å². The van der Waals surface area contributed by atoms with E-state index in [1.165, 1.54) is 19.2 Å². The van der Waals surface area contributed by atoms with Gasteiger partial charge >= 0.3 is 6.18 Å². The number of nitrogens with zero attached hydrogens (tertiary/aromatic N) is 1. The van der Waals surface area contributed by atoms with Gasteiger partial charge in [0.2, 0.25) is 5.91 Å². The Morgan fingerprint density at radius 1 is 1.26 bits per heavy atom. The maximum atomic E-state index is 13.8. The first-order valence-electron chi connectivity index (χ1n) is 7.14. The molecule has 130 valence electrons. The lowest BCUT2D eigenvalue weighted by Gasteiger charge is -2.26. The van der Waals surface area contributed by atoms with E-state index in [0.29, 0.717) is 17.7 Å². The second kappa shape index (κ2) is 8.24. The van der Waals surface area contributed by atoms with Gasteiger partial charge in [-0.25, -0.2) is 8.78 Å². The zero-order valence-corrected chi connectivity index (χ0v) is 12.7. The van der Waals surface area contributed by atoms with Crippen LogP contribution in [0.5, 0.6) is 0 Å². The summed E-state index contributed by atoms with van der Waals surface area (Å²) >= 11 is 0. The van der Waals surface area contributed by atoms with E-state index in [1.54, 1.807) is 0 Å². The van der Waals surface area contributed by atoms with Crippen LogP contribution in [0.2, 0.25) is 0 Å². The fourth-order valence-electron chi connectivity index (χ4n) is 2.58. The SMILES string of the molecule is CN.O=C1CCCC(c2cccc(F)c2F)CN1CC(F)(F)F. The average molecular weight is 338 g/mol. The number of hydrogen-bond donors (Lipinski definition) is 1. The minimum atomic E-state index is -4.51. The summed E-state index contributed by atoms with van der Waals surface area (Å²) in [5.74, 6) is -3.32. The highest BCUT2D eigenvalue weighted by atomic mass is 19.4. The maximum Gasteiger partial charge on any atom is 0.406 e. The molecular formula is C15H19F5N2O.